The molecule has 0 fully saturated rings. The number of anilines is 2. The Labute approximate surface area is 197 Å². The molecule has 4 aromatic rings. The van der Waals surface area contributed by atoms with Crippen LogP contribution < -0.4 is 14.8 Å². The second-order valence-electron chi connectivity index (χ2n) is 7.15. The van der Waals surface area contributed by atoms with Crippen LogP contribution in [0, 0.1) is 5.82 Å². The van der Waals surface area contributed by atoms with Crippen LogP contribution in [0.5, 0.6) is 11.5 Å². The van der Waals surface area contributed by atoms with Gasteiger partial charge in [-0.15, -0.1) is 0 Å². The molecule has 0 aliphatic rings. The van der Waals surface area contributed by atoms with Crippen molar-refractivity contribution in [3.63, 3.8) is 0 Å². The second-order valence-corrected chi connectivity index (χ2v) is 9.02. The van der Waals surface area contributed by atoms with Crippen LogP contribution in [0.1, 0.15) is 13.8 Å². The molecular weight excluding hydrogens is 459 g/mol. The molecule has 0 aliphatic carbocycles. The SMILES string of the molecule is CCOc1ccc(Nc2oc(-c3ccc(OCC)cc3)nc2S(=O)(=O)c2ccc(F)cc2)cc1. The molecule has 0 aliphatic heterocycles. The summed E-state index contributed by atoms with van der Waals surface area (Å²) in [6.07, 6.45) is 0. The highest BCUT2D eigenvalue weighted by atomic mass is 32.2. The zero-order valence-electron chi connectivity index (χ0n) is 18.6. The summed E-state index contributed by atoms with van der Waals surface area (Å²) < 4.78 is 56.9. The van der Waals surface area contributed by atoms with E-state index in [1.807, 2.05) is 13.8 Å². The Bertz CT molecular complexity index is 1350. The lowest BCUT2D eigenvalue weighted by molar-refractivity contribution is 0.340. The lowest BCUT2D eigenvalue weighted by Crippen LogP contribution is -2.05. The van der Waals surface area contributed by atoms with Gasteiger partial charge in [-0.1, -0.05) is 0 Å². The Balaban J connectivity index is 1.75. The minimum atomic E-state index is -4.11. The molecule has 0 atom stereocenters. The quantitative estimate of drug-likeness (QED) is 0.299. The first-order chi connectivity index (χ1) is 16.4. The van der Waals surface area contributed by atoms with Crippen LogP contribution in [0.3, 0.4) is 0 Å². The van der Waals surface area contributed by atoms with Crippen molar-refractivity contribution in [2.24, 2.45) is 0 Å². The minimum Gasteiger partial charge on any atom is -0.494 e. The number of nitrogens with one attached hydrogen (secondary N) is 1. The van der Waals surface area contributed by atoms with Crippen molar-refractivity contribution in [1.82, 2.24) is 4.98 Å². The fourth-order valence-corrected chi connectivity index (χ4v) is 4.47. The number of rotatable bonds is 9. The molecule has 0 saturated heterocycles. The van der Waals surface area contributed by atoms with E-state index in [2.05, 4.69) is 10.3 Å². The normalized spacial score (nSPS) is 11.3. The molecule has 0 radical (unpaired) electrons. The van der Waals surface area contributed by atoms with Crippen molar-refractivity contribution in [3.8, 4) is 23.0 Å². The number of sulfone groups is 1. The Morgan fingerprint density at radius 1 is 0.853 bits per heavy atom. The van der Waals surface area contributed by atoms with E-state index in [-0.39, 0.29) is 21.7 Å². The second kappa shape index (κ2) is 9.96. The van der Waals surface area contributed by atoms with E-state index in [0.717, 1.165) is 12.1 Å². The summed E-state index contributed by atoms with van der Waals surface area (Å²) >= 11 is 0. The lowest BCUT2D eigenvalue weighted by Gasteiger charge is -2.08. The standard InChI is InChI=1S/C25H23FN2O5S/c1-3-31-20-11-5-17(6-12-20)23-28-25(34(29,30)22-15-7-18(26)8-16-22)24(33-23)27-19-9-13-21(14-10-19)32-4-2/h5-16,27H,3-4H2,1-2H3. The maximum atomic E-state index is 13.4. The van der Waals surface area contributed by atoms with Gasteiger partial charge in [0, 0.05) is 11.3 Å². The van der Waals surface area contributed by atoms with E-state index in [4.69, 9.17) is 13.9 Å². The van der Waals surface area contributed by atoms with Gasteiger partial charge in [-0.2, -0.15) is 4.98 Å². The monoisotopic (exact) mass is 482 g/mol. The molecule has 1 aromatic heterocycles. The van der Waals surface area contributed by atoms with Gasteiger partial charge in [-0.25, -0.2) is 12.8 Å². The van der Waals surface area contributed by atoms with Gasteiger partial charge in [0.1, 0.15) is 17.3 Å². The van der Waals surface area contributed by atoms with Gasteiger partial charge in [0.25, 0.3) is 0 Å². The smallest absolute Gasteiger partial charge is 0.238 e. The van der Waals surface area contributed by atoms with Gasteiger partial charge in [-0.05, 0) is 86.6 Å². The zero-order chi connectivity index (χ0) is 24.1. The molecule has 0 amide bonds. The Kier molecular flexibility index (Phi) is 6.83. The number of aromatic nitrogens is 1. The molecule has 34 heavy (non-hydrogen) atoms. The topological polar surface area (TPSA) is 90.7 Å². The predicted octanol–water partition coefficient (Wildman–Crippen LogP) is 5.85. The molecule has 0 spiro atoms. The van der Waals surface area contributed by atoms with Crippen LogP contribution in [0.4, 0.5) is 16.0 Å². The third kappa shape index (κ3) is 5.04. The molecule has 9 heteroatoms. The first-order valence-corrected chi connectivity index (χ1v) is 12.1. The molecule has 1 N–H and O–H groups in total. The van der Waals surface area contributed by atoms with Gasteiger partial charge in [0.2, 0.25) is 26.6 Å². The maximum absolute atomic E-state index is 13.4. The first kappa shape index (κ1) is 23.3. The summed E-state index contributed by atoms with van der Waals surface area (Å²) in [5.41, 5.74) is 1.15. The average Bonchev–Trinajstić information content (AvgIpc) is 3.26. The highest BCUT2D eigenvalue weighted by molar-refractivity contribution is 7.91. The number of benzene rings is 3. The molecule has 1 heterocycles. The van der Waals surface area contributed by atoms with E-state index in [1.54, 1.807) is 48.5 Å². The Hall–Kier alpha value is -3.85. The molecule has 0 unspecified atom stereocenters. The van der Waals surface area contributed by atoms with E-state index in [1.165, 1.54) is 12.1 Å². The third-order valence-corrected chi connectivity index (χ3v) is 6.49. The van der Waals surface area contributed by atoms with Gasteiger partial charge in [0.15, 0.2) is 0 Å². The minimum absolute atomic E-state index is 0.0580. The van der Waals surface area contributed by atoms with Crippen molar-refractivity contribution < 1.29 is 26.7 Å². The number of nitrogens with zero attached hydrogens (tertiary/aromatic N) is 1. The summed E-state index contributed by atoms with van der Waals surface area (Å²) in [4.78, 5) is 4.19. The van der Waals surface area contributed by atoms with E-state index >= 15 is 0 Å². The highest BCUT2D eigenvalue weighted by Gasteiger charge is 2.29. The third-order valence-electron chi connectivity index (χ3n) is 4.81. The number of ether oxygens (including phenoxy) is 2. The van der Waals surface area contributed by atoms with E-state index < -0.39 is 15.7 Å². The van der Waals surface area contributed by atoms with Crippen molar-refractivity contribution in [1.29, 1.82) is 0 Å². The molecule has 4 rings (SSSR count). The van der Waals surface area contributed by atoms with Crippen LogP contribution in [0.25, 0.3) is 11.5 Å². The lowest BCUT2D eigenvalue weighted by atomic mass is 10.2. The summed E-state index contributed by atoms with van der Waals surface area (Å²) in [6.45, 7) is 4.82. The molecule has 0 saturated carbocycles. The van der Waals surface area contributed by atoms with Crippen LogP contribution in [-0.4, -0.2) is 26.6 Å². The summed E-state index contributed by atoms with van der Waals surface area (Å²) in [5.74, 6) is 0.862. The van der Waals surface area contributed by atoms with E-state index in [9.17, 15) is 12.8 Å². The average molecular weight is 483 g/mol. The first-order valence-electron chi connectivity index (χ1n) is 10.6. The van der Waals surface area contributed by atoms with Crippen LogP contribution in [0.2, 0.25) is 0 Å². The highest BCUT2D eigenvalue weighted by Crippen LogP contribution is 2.35. The summed E-state index contributed by atoms with van der Waals surface area (Å²) in [6, 6.07) is 18.5. The van der Waals surface area contributed by atoms with E-state index in [0.29, 0.717) is 36.0 Å². The fraction of sp³-hybridized carbons (Fsp3) is 0.160. The summed E-state index contributed by atoms with van der Waals surface area (Å²) in [5, 5.41) is 2.68. The molecule has 176 valence electrons. The largest absolute Gasteiger partial charge is 0.494 e. The van der Waals surface area contributed by atoms with Gasteiger partial charge in [-0.3, -0.25) is 0 Å². The predicted molar refractivity (Wildman–Crippen MR) is 126 cm³/mol. The number of hydrogen-bond acceptors (Lipinski definition) is 7. The van der Waals surface area contributed by atoms with Crippen molar-refractivity contribution >= 4 is 21.4 Å². The number of hydrogen-bond donors (Lipinski definition) is 1. The summed E-state index contributed by atoms with van der Waals surface area (Å²) in [7, 11) is -4.11. The van der Waals surface area contributed by atoms with Crippen LogP contribution in [-0.2, 0) is 9.84 Å². The molecular formula is C25H23FN2O5S. The Morgan fingerprint density at radius 2 is 1.41 bits per heavy atom. The maximum Gasteiger partial charge on any atom is 0.238 e. The Morgan fingerprint density at radius 3 is 1.97 bits per heavy atom. The van der Waals surface area contributed by atoms with Crippen LogP contribution in [0.15, 0.2) is 87.1 Å². The van der Waals surface area contributed by atoms with Crippen molar-refractivity contribution in [2.45, 2.75) is 23.8 Å². The molecule has 3 aromatic carbocycles. The van der Waals surface area contributed by atoms with Gasteiger partial charge < -0.3 is 19.2 Å². The van der Waals surface area contributed by atoms with Crippen molar-refractivity contribution in [2.75, 3.05) is 18.5 Å². The number of oxazole rings is 1. The van der Waals surface area contributed by atoms with Gasteiger partial charge in [0.05, 0.1) is 18.1 Å². The fourth-order valence-electron chi connectivity index (χ4n) is 3.21. The molecule has 0 bridgehead atoms. The van der Waals surface area contributed by atoms with Gasteiger partial charge >= 0.3 is 0 Å². The number of halogens is 1. The van der Waals surface area contributed by atoms with Crippen molar-refractivity contribution in [3.05, 3.63) is 78.6 Å². The zero-order valence-corrected chi connectivity index (χ0v) is 19.4. The molecule has 7 nitrogen and oxygen atoms in total. The van der Waals surface area contributed by atoms with Crippen LogP contribution >= 0.6 is 0 Å².